The highest BCUT2D eigenvalue weighted by Crippen LogP contribution is 2.22. The molecule has 122 valence electrons. The van der Waals surface area contributed by atoms with Crippen molar-refractivity contribution in [2.45, 2.75) is 38.5 Å². The van der Waals surface area contributed by atoms with Crippen LogP contribution in [0, 0.1) is 0 Å². The number of ether oxygens (including phenoxy) is 1. The van der Waals surface area contributed by atoms with Gasteiger partial charge in [0.15, 0.2) is 0 Å². The second kappa shape index (κ2) is 9.65. The fraction of sp³-hybridized carbons (Fsp3) is 0.500. The van der Waals surface area contributed by atoms with Crippen molar-refractivity contribution in [3.8, 4) is 11.5 Å². The number of carboxylic acids is 1. The van der Waals surface area contributed by atoms with Crippen LogP contribution in [0.15, 0.2) is 18.2 Å². The van der Waals surface area contributed by atoms with Gasteiger partial charge in [0.2, 0.25) is 0 Å². The van der Waals surface area contributed by atoms with Crippen LogP contribution < -0.4 is 10.1 Å². The maximum atomic E-state index is 12.0. The van der Waals surface area contributed by atoms with Crippen molar-refractivity contribution in [3.05, 3.63) is 23.8 Å². The molecule has 0 saturated carbocycles. The molecule has 0 aliphatic rings. The van der Waals surface area contributed by atoms with E-state index in [1.54, 1.807) is 6.07 Å². The Morgan fingerprint density at radius 3 is 2.50 bits per heavy atom. The highest BCUT2D eigenvalue weighted by atomic mass is 16.5. The van der Waals surface area contributed by atoms with E-state index in [1.165, 1.54) is 19.2 Å². The first-order valence-corrected chi connectivity index (χ1v) is 7.41. The van der Waals surface area contributed by atoms with Crippen LogP contribution in [0.4, 0.5) is 0 Å². The topological polar surface area (TPSA) is 95.9 Å². The molecule has 0 aliphatic heterocycles. The van der Waals surface area contributed by atoms with E-state index in [1.807, 2.05) is 0 Å². The Morgan fingerprint density at radius 1 is 1.14 bits per heavy atom. The molecule has 0 heterocycles. The van der Waals surface area contributed by atoms with Crippen molar-refractivity contribution in [2.24, 2.45) is 0 Å². The molecule has 0 bridgehead atoms. The summed E-state index contributed by atoms with van der Waals surface area (Å²) in [6.07, 6.45) is 4.50. The average molecular weight is 309 g/mol. The zero-order valence-electron chi connectivity index (χ0n) is 12.8. The minimum absolute atomic E-state index is 0.0769. The first-order chi connectivity index (χ1) is 10.5. The number of phenolic OH excluding ortho intramolecular Hbond substituents is 1. The van der Waals surface area contributed by atoms with Gasteiger partial charge in [-0.2, -0.15) is 0 Å². The predicted octanol–water partition coefficient (Wildman–Crippen LogP) is 2.56. The summed E-state index contributed by atoms with van der Waals surface area (Å²) in [5, 5.41) is 20.9. The molecule has 0 unspecified atom stereocenters. The molecule has 3 N–H and O–H groups in total. The molecule has 6 heteroatoms. The van der Waals surface area contributed by atoms with Crippen LogP contribution in [-0.4, -0.2) is 35.7 Å². The number of carbonyl (C=O) groups excluding carboxylic acids is 1. The lowest BCUT2D eigenvalue weighted by Crippen LogP contribution is -2.24. The van der Waals surface area contributed by atoms with Gasteiger partial charge in [-0.15, -0.1) is 0 Å². The SMILES string of the molecule is COc1ccc(O)c(C(=O)NCCCCCCCC(=O)O)c1. The van der Waals surface area contributed by atoms with E-state index in [0.29, 0.717) is 18.7 Å². The van der Waals surface area contributed by atoms with E-state index in [4.69, 9.17) is 9.84 Å². The number of rotatable bonds is 10. The smallest absolute Gasteiger partial charge is 0.303 e. The van der Waals surface area contributed by atoms with Crippen molar-refractivity contribution in [2.75, 3.05) is 13.7 Å². The summed E-state index contributed by atoms with van der Waals surface area (Å²) in [7, 11) is 1.50. The van der Waals surface area contributed by atoms with Crippen LogP contribution in [0.25, 0.3) is 0 Å². The fourth-order valence-electron chi connectivity index (χ4n) is 2.05. The second-order valence-corrected chi connectivity index (χ2v) is 5.05. The summed E-state index contributed by atoms with van der Waals surface area (Å²) in [5.41, 5.74) is 0.195. The third kappa shape index (κ3) is 6.47. The van der Waals surface area contributed by atoms with Gasteiger partial charge in [-0.3, -0.25) is 9.59 Å². The molecule has 6 nitrogen and oxygen atoms in total. The molecular weight excluding hydrogens is 286 g/mol. The molecule has 0 aliphatic carbocycles. The van der Waals surface area contributed by atoms with E-state index in [2.05, 4.69) is 5.32 Å². The van der Waals surface area contributed by atoms with Crippen LogP contribution in [0.5, 0.6) is 11.5 Å². The number of carboxylic acid groups (broad SMARTS) is 1. The number of phenols is 1. The summed E-state index contributed by atoms with van der Waals surface area (Å²) >= 11 is 0. The number of hydrogen-bond donors (Lipinski definition) is 3. The summed E-state index contributed by atoms with van der Waals surface area (Å²) in [4.78, 5) is 22.3. The van der Waals surface area contributed by atoms with Crippen molar-refractivity contribution < 1.29 is 24.5 Å². The molecule has 1 rings (SSSR count). The standard InChI is InChI=1S/C16H23NO5/c1-22-12-8-9-14(18)13(11-12)16(21)17-10-6-4-2-3-5-7-15(19)20/h8-9,11,18H,2-7,10H2,1H3,(H,17,21)(H,19,20). The summed E-state index contributed by atoms with van der Waals surface area (Å²) < 4.78 is 5.02. The summed E-state index contributed by atoms with van der Waals surface area (Å²) in [6.45, 7) is 0.522. The van der Waals surface area contributed by atoms with Gasteiger partial charge >= 0.3 is 5.97 Å². The monoisotopic (exact) mass is 309 g/mol. The Labute approximate surface area is 130 Å². The third-order valence-corrected chi connectivity index (χ3v) is 3.30. The summed E-state index contributed by atoms with van der Waals surface area (Å²) in [5.74, 6) is -0.652. The van der Waals surface area contributed by atoms with Gasteiger partial charge in [0.05, 0.1) is 12.7 Å². The number of aliphatic carboxylic acids is 1. The number of unbranched alkanes of at least 4 members (excludes halogenated alkanes) is 4. The minimum atomic E-state index is -0.759. The molecular formula is C16H23NO5. The number of benzene rings is 1. The Morgan fingerprint density at radius 2 is 1.82 bits per heavy atom. The molecule has 0 atom stereocenters. The van der Waals surface area contributed by atoms with Crippen LogP contribution in [0.1, 0.15) is 48.9 Å². The maximum absolute atomic E-state index is 12.0. The van der Waals surface area contributed by atoms with Gasteiger partial charge in [-0.25, -0.2) is 0 Å². The Kier molecular flexibility index (Phi) is 7.81. The fourth-order valence-corrected chi connectivity index (χ4v) is 2.05. The van der Waals surface area contributed by atoms with Crippen molar-refractivity contribution >= 4 is 11.9 Å². The normalized spacial score (nSPS) is 10.2. The van der Waals surface area contributed by atoms with E-state index in [9.17, 15) is 14.7 Å². The van der Waals surface area contributed by atoms with Crippen molar-refractivity contribution in [3.63, 3.8) is 0 Å². The zero-order chi connectivity index (χ0) is 16.4. The first kappa shape index (κ1) is 17.8. The van der Waals surface area contributed by atoms with Crippen LogP contribution >= 0.6 is 0 Å². The molecule has 22 heavy (non-hydrogen) atoms. The average Bonchev–Trinajstić information content (AvgIpc) is 2.49. The second-order valence-electron chi connectivity index (χ2n) is 5.05. The lowest BCUT2D eigenvalue weighted by atomic mass is 10.1. The highest BCUT2D eigenvalue weighted by Gasteiger charge is 2.11. The number of carbonyl (C=O) groups is 2. The molecule has 1 aromatic carbocycles. The van der Waals surface area contributed by atoms with Crippen LogP contribution in [0.3, 0.4) is 0 Å². The van der Waals surface area contributed by atoms with Gasteiger partial charge in [-0.1, -0.05) is 19.3 Å². The number of amides is 1. The molecule has 0 saturated heterocycles. The van der Waals surface area contributed by atoms with Crippen LogP contribution in [-0.2, 0) is 4.79 Å². The third-order valence-electron chi connectivity index (χ3n) is 3.30. The molecule has 0 fully saturated rings. The molecule has 0 aromatic heterocycles. The van der Waals surface area contributed by atoms with Crippen molar-refractivity contribution in [1.29, 1.82) is 0 Å². The Hall–Kier alpha value is -2.24. The highest BCUT2D eigenvalue weighted by molar-refractivity contribution is 5.97. The number of methoxy groups -OCH3 is 1. The number of aromatic hydroxyl groups is 1. The molecule has 1 amide bonds. The maximum Gasteiger partial charge on any atom is 0.303 e. The van der Waals surface area contributed by atoms with E-state index >= 15 is 0 Å². The molecule has 0 radical (unpaired) electrons. The van der Waals surface area contributed by atoms with Gasteiger partial charge in [0.25, 0.3) is 5.91 Å². The predicted molar refractivity (Wildman–Crippen MR) is 82.3 cm³/mol. The Balaban J connectivity index is 2.22. The van der Waals surface area contributed by atoms with E-state index in [-0.39, 0.29) is 23.6 Å². The largest absolute Gasteiger partial charge is 0.507 e. The lowest BCUT2D eigenvalue weighted by molar-refractivity contribution is -0.137. The van der Waals surface area contributed by atoms with Crippen LogP contribution in [0.2, 0.25) is 0 Å². The molecule has 1 aromatic rings. The van der Waals surface area contributed by atoms with E-state index < -0.39 is 5.97 Å². The summed E-state index contributed by atoms with van der Waals surface area (Å²) in [6, 6.07) is 4.51. The van der Waals surface area contributed by atoms with Gasteiger partial charge in [0.1, 0.15) is 11.5 Å². The lowest BCUT2D eigenvalue weighted by Gasteiger charge is -2.08. The molecule has 0 spiro atoms. The van der Waals surface area contributed by atoms with Gasteiger partial charge in [0, 0.05) is 13.0 Å². The minimum Gasteiger partial charge on any atom is -0.507 e. The Bertz CT molecular complexity index is 501. The first-order valence-electron chi connectivity index (χ1n) is 7.41. The zero-order valence-corrected chi connectivity index (χ0v) is 12.8. The van der Waals surface area contributed by atoms with Gasteiger partial charge in [-0.05, 0) is 31.0 Å². The number of nitrogens with one attached hydrogen (secondary N) is 1. The quantitative estimate of drug-likeness (QED) is 0.577. The van der Waals surface area contributed by atoms with E-state index in [0.717, 1.165) is 25.7 Å². The van der Waals surface area contributed by atoms with Gasteiger partial charge < -0.3 is 20.3 Å². The number of hydrogen-bond acceptors (Lipinski definition) is 4. The van der Waals surface area contributed by atoms with Crippen molar-refractivity contribution in [1.82, 2.24) is 5.32 Å².